The molecule has 0 aromatic rings. The Bertz CT molecular complexity index is 213. The maximum absolute atomic E-state index is 13.5. The lowest BCUT2D eigenvalue weighted by Crippen LogP contribution is -2.40. The van der Waals surface area contributed by atoms with Crippen molar-refractivity contribution in [1.82, 2.24) is 4.90 Å². The average molecular weight is 217 g/mol. The van der Waals surface area contributed by atoms with Gasteiger partial charge in [0, 0.05) is 6.04 Å². The summed E-state index contributed by atoms with van der Waals surface area (Å²) in [7, 11) is 0. The molecule has 0 spiro atoms. The largest absolute Gasteiger partial charge is 0.481 e. The second-order valence-corrected chi connectivity index (χ2v) is 4.58. The van der Waals surface area contributed by atoms with E-state index in [9.17, 15) is 9.18 Å². The van der Waals surface area contributed by atoms with Gasteiger partial charge in [-0.3, -0.25) is 4.79 Å². The molecule has 15 heavy (non-hydrogen) atoms. The van der Waals surface area contributed by atoms with E-state index in [0.717, 1.165) is 25.9 Å². The first-order chi connectivity index (χ1) is 7.00. The maximum atomic E-state index is 13.5. The highest BCUT2D eigenvalue weighted by Crippen LogP contribution is 2.25. The molecule has 1 saturated heterocycles. The Labute approximate surface area is 90.3 Å². The zero-order valence-corrected chi connectivity index (χ0v) is 9.45. The molecule has 0 aliphatic carbocycles. The van der Waals surface area contributed by atoms with Gasteiger partial charge in [0.25, 0.3) is 0 Å². The van der Waals surface area contributed by atoms with Crippen molar-refractivity contribution in [3.05, 3.63) is 0 Å². The Hall–Kier alpha value is -0.640. The molecule has 1 unspecified atom stereocenters. The number of halogens is 1. The minimum atomic E-state index is -1.17. The molecular weight excluding hydrogens is 197 g/mol. The molecule has 1 heterocycles. The minimum absolute atomic E-state index is 0.0592. The molecule has 0 aromatic carbocycles. The highest BCUT2D eigenvalue weighted by Gasteiger charge is 2.28. The number of carboxylic acids is 1. The summed E-state index contributed by atoms with van der Waals surface area (Å²) in [6.45, 7) is 6.04. The Morgan fingerprint density at radius 3 is 2.40 bits per heavy atom. The third kappa shape index (κ3) is 3.78. The predicted molar refractivity (Wildman–Crippen MR) is 56.6 cm³/mol. The predicted octanol–water partition coefficient (Wildman–Crippen LogP) is 1.92. The number of likely N-dealkylation sites (tertiary alicyclic amines) is 1. The number of rotatable bonds is 4. The van der Waals surface area contributed by atoms with Gasteiger partial charge in [-0.05, 0) is 45.7 Å². The molecule has 0 aromatic heterocycles. The van der Waals surface area contributed by atoms with Crippen molar-refractivity contribution in [2.45, 2.75) is 45.3 Å². The van der Waals surface area contributed by atoms with E-state index in [-0.39, 0.29) is 12.3 Å². The zero-order valence-electron chi connectivity index (χ0n) is 9.45. The Morgan fingerprint density at radius 1 is 1.47 bits per heavy atom. The Kier molecular flexibility index (Phi) is 4.51. The third-order valence-corrected chi connectivity index (χ3v) is 3.19. The van der Waals surface area contributed by atoms with Crippen LogP contribution in [-0.4, -0.2) is 41.3 Å². The number of carbonyl (C=O) groups is 1. The zero-order chi connectivity index (χ0) is 11.4. The van der Waals surface area contributed by atoms with Gasteiger partial charge in [-0.1, -0.05) is 0 Å². The van der Waals surface area contributed by atoms with Crippen LogP contribution < -0.4 is 0 Å². The number of carboxylic acid groups (broad SMARTS) is 1. The van der Waals surface area contributed by atoms with Crippen LogP contribution in [0.2, 0.25) is 0 Å². The fourth-order valence-electron chi connectivity index (χ4n) is 2.13. The maximum Gasteiger partial charge on any atom is 0.306 e. The van der Waals surface area contributed by atoms with Gasteiger partial charge in [-0.15, -0.1) is 0 Å². The van der Waals surface area contributed by atoms with E-state index in [4.69, 9.17) is 5.11 Å². The normalized spacial score (nSPS) is 21.9. The van der Waals surface area contributed by atoms with Gasteiger partial charge < -0.3 is 10.0 Å². The van der Waals surface area contributed by atoms with Gasteiger partial charge in [0.05, 0.1) is 6.42 Å². The Morgan fingerprint density at radius 2 is 2.00 bits per heavy atom. The van der Waals surface area contributed by atoms with E-state index < -0.39 is 12.1 Å². The van der Waals surface area contributed by atoms with Crippen LogP contribution >= 0.6 is 0 Å². The molecule has 0 radical (unpaired) electrons. The number of nitrogens with zero attached hydrogens (tertiary/aromatic N) is 1. The summed E-state index contributed by atoms with van der Waals surface area (Å²) in [5.41, 5.74) is 0. The molecule has 4 heteroatoms. The molecule has 1 rings (SSSR count). The highest BCUT2D eigenvalue weighted by molar-refractivity contribution is 5.67. The summed E-state index contributed by atoms with van der Waals surface area (Å²) < 4.78 is 13.5. The number of hydrogen-bond donors (Lipinski definition) is 1. The first kappa shape index (κ1) is 12.4. The van der Waals surface area contributed by atoms with Gasteiger partial charge >= 0.3 is 5.97 Å². The molecule has 0 bridgehead atoms. The van der Waals surface area contributed by atoms with Crippen molar-refractivity contribution >= 4 is 5.97 Å². The summed E-state index contributed by atoms with van der Waals surface area (Å²) >= 11 is 0. The SMILES string of the molecule is CC(C)N1CCC(C(F)CC(=O)O)CC1. The quantitative estimate of drug-likeness (QED) is 0.782. The standard InChI is InChI=1S/C11H20FNO2/c1-8(2)13-5-3-9(4-6-13)10(12)7-11(14)15/h8-10H,3-7H2,1-2H3,(H,14,15). The molecule has 1 aliphatic rings. The number of hydrogen-bond acceptors (Lipinski definition) is 2. The third-order valence-electron chi connectivity index (χ3n) is 3.19. The molecule has 3 nitrogen and oxygen atoms in total. The van der Waals surface area contributed by atoms with Crippen molar-refractivity contribution in [3.8, 4) is 0 Å². The van der Waals surface area contributed by atoms with Crippen LogP contribution in [0.3, 0.4) is 0 Å². The van der Waals surface area contributed by atoms with Crippen LogP contribution in [0.5, 0.6) is 0 Å². The van der Waals surface area contributed by atoms with E-state index in [1.807, 2.05) is 0 Å². The summed E-state index contributed by atoms with van der Waals surface area (Å²) in [6.07, 6.45) is 0.0582. The van der Waals surface area contributed by atoms with Gasteiger partial charge in [-0.25, -0.2) is 4.39 Å². The van der Waals surface area contributed by atoms with Crippen LogP contribution in [0.15, 0.2) is 0 Å². The molecule has 1 N–H and O–H groups in total. The van der Waals surface area contributed by atoms with Crippen molar-refractivity contribution in [2.24, 2.45) is 5.92 Å². The fraction of sp³-hybridized carbons (Fsp3) is 0.909. The highest BCUT2D eigenvalue weighted by atomic mass is 19.1. The summed E-state index contributed by atoms with van der Waals surface area (Å²) in [6, 6.07) is 0.503. The van der Waals surface area contributed by atoms with Crippen LogP contribution in [-0.2, 0) is 4.79 Å². The summed E-state index contributed by atoms with van der Waals surface area (Å²) in [5, 5.41) is 8.50. The molecule has 0 saturated carbocycles. The smallest absolute Gasteiger partial charge is 0.306 e. The van der Waals surface area contributed by atoms with E-state index in [2.05, 4.69) is 18.7 Å². The number of alkyl halides is 1. The number of aliphatic carboxylic acids is 1. The van der Waals surface area contributed by atoms with Crippen molar-refractivity contribution < 1.29 is 14.3 Å². The monoisotopic (exact) mass is 217 g/mol. The van der Waals surface area contributed by atoms with Gasteiger partial charge in [0.15, 0.2) is 0 Å². The first-order valence-electron chi connectivity index (χ1n) is 5.60. The lowest BCUT2D eigenvalue weighted by molar-refractivity contribution is -0.139. The molecule has 88 valence electrons. The molecule has 1 aliphatic heterocycles. The fourth-order valence-corrected chi connectivity index (χ4v) is 2.13. The van der Waals surface area contributed by atoms with Crippen LogP contribution in [0.25, 0.3) is 0 Å². The topological polar surface area (TPSA) is 40.5 Å². The molecule has 1 atom stereocenters. The van der Waals surface area contributed by atoms with Crippen LogP contribution in [0, 0.1) is 5.92 Å². The summed E-state index contributed by atoms with van der Waals surface area (Å²) in [4.78, 5) is 12.7. The lowest BCUT2D eigenvalue weighted by Gasteiger charge is -2.35. The van der Waals surface area contributed by atoms with E-state index in [1.165, 1.54) is 0 Å². The van der Waals surface area contributed by atoms with Crippen molar-refractivity contribution in [3.63, 3.8) is 0 Å². The second kappa shape index (κ2) is 5.45. The van der Waals surface area contributed by atoms with Gasteiger partial charge in [-0.2, -0.15) is 0 Å². The lowest BCUT2D eigenvalue weighted by atomic mass is 9.90. The van der Waals surface area contributed by atoms with Gasteiger partial charge in [0.1, 0.15) is 6.17 Å². The Balaban J connectivity index is 2.33. The average Bonchev–Trinajstić information content (AvgIpc) is 2.17. The van der Waals surface area contributed by atoms with Crippen LogP contribution in [0.1, 0.15) is 33.1 Å². The molecular formula is C11H20FNO2. The molecule has 0 amide bonds. The second-order valence-electron chi connectivity index (χ2n) is 4.58. The van der Waals surface area contributed by atoms with Crippen molar-refractivity contribution in [1.29, 1.82) is 0 Å². The summed E-state index contributed by atoms with van der Waals surface area (Å²) in [5.74, 6) is -1.09. The minimum Gasteiger partial charge on any atom is -0.481 e. The van der Waals surface area contributed by atoms with Crippen LogP contribution in [0.4, 0.5) is 4.39 Å². The van der Waals surface area contributed by atoms with E-state index in [1.54, 1.807) is 0 Å². The van der Waals surface area contributed by atoms with Crippen molar-refractivity contribution in [2.75, 3.05) is 13.1 Å². The van der Waals surface area contributed by atoms with E-state index in [0.29, 0.717) is 6.04 Å². The first-order valence-corrected chi connectivity index (χ1v) is 5.60. The van der Waals surface area contributed by atoms with E-state index >= 15 is 0 Å². The van der Waals surface area contributed by atoms with Gasteiger partial charge in [0.2, 0.25) is 0 Å². The molecule has 1 fully saturated rings. The number of piperidine rings is 1.